The third kappa shape index (κ3) is 19.9. The van der Waals surface area contributed by atoms with E-state index in [4.69, 9.17) is 28.7 Å². The number of hydrogen-bond donors (Lipinski definition) is 6. The van der Waals surface area contributed by atoms with Gasteiger partial charge < -0.3 is 43.8 Å². The lowest BCUT2D eigenvalue weighted by atomic mass is 10.2. The molecule has 0 atom stereocenters. The molecule has 0 aromatic heterocycles. The lowest BCUT2D eigenvalue weighted by molar-refractivity contribution is 0.177. The molecule has 0 unspecified atom stereocenters. The van der Waals surface area contributed by atoms with Crippen LogP contribution >= 0.6 is 0 Å². The molecule has 0 amide bonds. The Hall–Kier alpha value is -0.400. The van der Waals surface area contributed by atoms with E-state index in [0.29, 0.717) is 32.7 Å². The molecule has 0 rings (SSSR count). The normalized spacial score (nSPS) is 12.2. The van der Waals surface area contributed by atoms with E-state index in [1.807, 2.05) is 0 Å². The van der Waals surface area contributed by atoms with Gasteiger partial charge in [-0.15, -0.1) is 0 Å². The van der Waals surface area contributed by atoms with E-state index in [9.17, 15) is 0 Å². The van der Waals surface area contributed by atoms with Gasteiger partial charge in [0.25, 0.3) is 0 Å². The van der Waals surface area contributed by atoms with Crippen molar-refractivity contribution in [1.82, 2.24) is 24.9 Å². The van der Waals surface area contributed by atoms with Gasteiger partial charge in [0.2, 0.25) is 0 Å². The smallest absolute Gasteiger partial charge is 0.0110 e. The highest BCUT2D eigenvalue weighted by molar-refractivity contribution is 4.69. The summed E-state index contributed by atoms with van der Waals surface area (Å²) in [5, 5.41) is 3.54. The number of unbranched alkanes of at least 4 members (excludes halogenated alkanes) is 2. The Morgan fingerprint density at radius 1 is 0.412 bits per heavy atom. The third-order valence-electron chi connectivity index (χ3n) is 6.17. The maximum absolute atomic E-state index is 5.93. The monoisotopic (exact) mass is 489 g/mol. The summed E-state index contributed by atoms with van der Waals surface area (Å²) >= 11 is 0. The van der Waals surface area contributed by atoms with Crippen LogP contribution in [0.15, 0.2) is 0 Å². The molecule has 0 aliphatic rings. The van der Waals surface area contributed by atoms with Crippen molar-refractivity contribution in [3.05, 3.63) is 0 Å². The first-order valence-corrected chi connectivity index (χ1v) is 13.8. The van der Waals surface area contributed by atoms with Crippen LogP contribution in [0.4, 0.5) is 0 Å². The van der Waals surface area contributed by atoms with Crippen LogP contribution in [0.3, 0.4) is 0 Å². The van der Waals surface area contributed by atoms with Crippen LogP contribution in [0.1, 0.15) is 32.6 Å². The predicted molar refractivity (Wildman–Crippen MR) is 148 cm³/mol. The number of nitrogens with two attached hydrogens (primary N) is 5. The SMILES string of the molecule is CCCNCCN(CCN(CCN)CCN)CCN(CCN)CCCCCN(CCN)CCN. The molecule has 0 aromatic carbocycles. The second-order valence-electron chi connectivity index (χ2n) is 9.12. The average molecular weight is 489 g/mol. The van der Waals surface area contributed by atoms with Crippen molar-refractivity contribution in [2.45, 2.75) is 32.6 Å². The Bertz CT molecular complexity index is 390. The Kier molecular flexibility index (Phi) is 25.4. The lowest BCUT2D eigenvalue weighted by Gasteiger charge is -2.30. The summed E-state index contributed by atoms with van der Waals surface area (Å²) in [6.45, 7) is 19.9. The van der Waals surface area contributed by atoms with Gasteiger partial charge in [-0.3, -0.25) is 9.80 Å². The van der Waals surface area contributed by atoms with Gasteiger partial charge in [0.05, 0.1) is 0 Å². The summed E-state index contributed by atoms with van der Waals surface area (Å²) < 4.78 is 0. The molecule has 0 radical (unpaired) electrons. The summed E-state index contributed by atoms with van der Waals surface area (Å²) in [6.07, 6.45) is 4.80. The Morgan fingerprint density at radius 2 is 0.765 bits per heavy atom. The molecule has 0 saturated heterocycles. The van der Waals surface area contributed by atoms with Gasteiger partial charge in [-0.25, -0.2) is 0 Å². The molecule has 34 heavy (non-hydrogen) atoms. The number of nitrogens with zero attached hydrogens (tertiary/aromatic N) is 4. The van der Waals surface area contributed by atoms with Gasteiger partial charge in [-0.1, -0.05) is 13.3 Å². The van der Waals surface area contributed by atoms with Crippen molar-refractivity contribution in [3.8, 4) is 0 Å². The van der Waals surface area contributed by atoms with E-state index < -0.39 is 0 Å². The predicted octanol–water partition coefficient (Wildman–Crippen LogP) is -1.84. The van der Waals surface area contributed by atoms with E-state index in [0.717, 1.165) is 91.6 Å². The van der Waals surface area contributed by atoms with Crippen molar-refractivity contribution in [3.63, 3.8) is 0 Å². The first-order chi connectivity index (χ1) is 16.6. The first-order valence-electron chi connectivity index (χ1n) is 13.8. The Morgan fingerprint density at radius 3 is 1.15 bits per heavy atom. The molecule has 11 N–H and O–H groups in total. The maximum atomic E-state index is 5.93. The highest BCUT2D eigenvalue weighted by atomic mass is 15.2. The second kappa shape index (κ2) is 25.7. The van der Waals surface area contributed by atoms with Crippen LogP contribution in [-0.2, 0) is 0 Å². The molecular formula is C24H60N10. The van der Waals surface area contributed by atoms with Crippen molar-refractivity contribution in [1.29, 1.82) is 0 Å². The molecule has 0 fully saturated rings. The number of rotatable bonds is 27. The zero-order chi connectivity index (χ0) is 25.3. The van der Waals surface area contributed by atoms with E-state index in [2.05, 4.69) is 31.8 Å². The van der Waals surface area contributed by atoms with Crippen molar-refractivity contribution < 1.29 is 0 Å². The summed E-state index contributed by atoms with van der Waals surface area (Å²) in [5.41, 5.74) is 28.9. The van der Waals surface area contributed by atoms with Gasteiger partial charge in [-0.05, 0) is 38.9 Å². The van der Waals surface area contributed by atoms with Gasteiger partial charge in [-0.2, -0.15) is 0 Å². The lowest BCUT2D eigenvalue weighted by Crippen LogP contribution is -2.44. The van der Waals surface area contributed by atoms with Gasteiger partial charge in [0.1, 0.15) is 0 Å². The molecule has 0 spiro atoms. The van der Waals surface area contributed by atoms with Crippen molar-refractivity contribution >= 4 is 0 Å². The Balaban J connectivity index is 4.50. The fraction of sp³-hybridized carbons (Fsp3) is 1.00. The molecule has 0 aliphatic heterocycles. The summed E-state index contributed by atoms with van der Waals surface area (Å²) in [7, 11) is 0. The minimum absolute atomic E-state index is 0.679. The standard InChI is InChI=1S/C24H60N10/c1-2-11-30-12-20-34(24-22-33(18-9-28)19-10-29)23-21-32(17-8-27)14-5-3-4-13-31(15-6-25)16-7-26/h30H,2-29H2,1H3. The van der Waals surface area contributed by atoms with E-state index in [1.54, 1.807) is 0 Å². The van der Waals surface area contributed by atoms with Crippen LogP contribution in [-0.4, -0.2) is 144 Å². The van der Waals surface area contributed by atoms with E-state index in [1.165, 1.54) is 25.7 Å². The number of hydrogen-bond acceptors (Lipinski definition) is 10. The fourth-order valence-corrected chi connectivity index (χ4v) is 4.21. The number of nitrogens with one attached hydrogen (secondary N) is 1. The van der Waals surface area contributed by atoms with Gasteiger partial charge >= 0.3 is 0 Å². The van der Waals surface area contributed by atoms with Crippen LogP contribution in [0.2, 0.25) is 0 Å². The first kappa shape index (κ1) is 33.6. The zero-order valence-corrected chi connectivity index (χ0v) is 22.4. The van der Waals surface area contributed by atoms with Crippen LogP contribution in [0.5, 0.6) is 0 Å². The molecule has 0 bridgehead atoms. The molecule has 0 heterocycles. The molecule has 0 saturated carbocycles. The van der Waals surface area contributed by atoms with E-state index in [-0.39, 0.29) is 0 Å². The maximum Gasteiger partial charge on any atom is 0.0110 e. The van der Waals surface area contributed by atoms with Crippen LogP contribution in [0, 0.1) is 0 Å². The minimum atomic E-state index is 0.679. The molecule has 10 heteroatoms. The second-order valence-corrected chi connectivity index (χ2v) is 9.12. The van der Waals surface area contributed by atoms with Crippen molar-refractivity contribution in [2.75, 3.05) is 124 Å². The summed E-state index contributed by atoms with van der Waals surface area (Å²) in [6, 6.07) is 0. The summed E-state index contributed by atoms with van der Waals surface area (Å²) in [5.74, 6) is 0. The molecule has 0 aliphatic carbocycles. The van der Waals surface area contributed by atoms with Crippen LogP contribution < -0.4 is 34.0 Å². The van der Waals surface area contributed by atoms with Crippen molar-refractivity contribution in [2.24, 2.45) is 28.7 Å². The molecule has 0 aromatic rings. The van der Waals surface area contributed by atoms with E-state index >= 15 is 0 Å². The largest absolute Gasteiger partial charge is 0.329 e. The molecular weight excluding hydrogens is 428 g/mol. The fourth-order valence-electron chi connectivity index (χ4n) is 4.21. The average Bonchev–Trinajstić information content (AvgIpc) is 2.82. The zero-order valence-electron chi connectivity index (χ0n) is 22.4. The van der Waals surface area contributed by atoms with Gasteiger partial charge in [0.15, 0.2) is 0 Å². The molecule has 10 nitrogen and oxygen atoms in total. The molecule has 206 valence electrons. The van der Waals surface area contributed by atoms with Gasteiger partial charge in [0, 0.05) is 105 Å². The van der Waals surface area contributed by atoms with Crippen LogP contribution in [0.25, 0.3) is 0 Å². The highest BCUT2D eigenvalue weighted by Gasteiger charge is 2.11. The topological polar surface area (TPSA) is 155 Å². The minimum Gasteiger partial charge on any atom is -0.329 e. The Labute approximate surface area is 210 Å². The quantitative estimate of drug-likeness (QED) is 0.0726. The summed E-state index contributed by atoms with van der Waals surface area (Å²) in [4.78, 5) is 9.86. The highest BCUT2D eigenvalue weighted by Crippen LogP contribution is 2.02. The third-order valence-corrected chi connectivity index (χ3v) is 6.17.